The predicted molar refractivity (Wildman–Crippen MR) is 49.5 cm³/mol. The standard InChI is InChI=1S/C11H11NO/c12-7-9-2-1-3-10(6-9)11-4-5-13-8-11/h1-5,10-11H,6,8H2. The fraction of sp³-hybridized carbons (Fsp3) is 0.364. The largest absolute Gasteiger partial charge is 0.501 e. The van der Waals surface area contributed by atoms with Crippen molar-refractivity contribution in [3.63, 3.8) is 0 Å². The van der Waals surface area contributed by atoms with Crippen LogP contribution < -0.4 is 0 Å². The number of nitriles is 1. The minimum atomic E-state index is 0.443. The number of ether oxygens (including phenoxy) is 1. The fourth-order valence-electron chi connectivity index (χ4n) is 1.73. The molecule has 0 N–H and O–H groups in total. The van der Waals surface area contributed by atoms with Gasteiger partial charge in [-0.1, -0.05) is 12.2 Å². The number of allylic oxidation sites excluding steroid dienone is 4. The summed E-state index contributed by atoms with van der Waals surface area (Å²) in [5.74, 6) is 0.895. The van der Waals surface area contributed by atoms with Gasteiger partial charge in [0.15, 0.2) is 0 Å². The van der Waals surface area contributed by atoms with Crippen LogP contribution in [0, 0.1) is 23.2 Å². The summed E-state index contributed by atoms with van der Waals surface area (Å²) in [4.78, 5) is 0. The summed E-state index contributed by atoms with van der Waals surface area (Å²) in [5, 5.41) is 8.75. The topological polar surface area (TPSA) is 33.0 Å². The molecule has 2 nitrogen and oxygen atoms in total. The van der Waals surface area contributed by atoms with Crippen molar-refractivity contribution >= 4 is 0 Å². The molecule has 0 aromatic rings. The van der Waals surface area contributed by atoms with Gasteiger partial charge in [-0.3, -0.25) is 0 Å². The van der Waals surface area contributed by atoms with E-state index in [1.54, 1.807) is 6.26 Å². The normalized spacial score (nSPS) is 30.8. The van der Waals surface area contributed by atoms with Crippen molar-refractivity contribution < 1.29 is 4.74 Å². The van der Waals surface area contributed by atoms with Crippen molar-refractivity contribution in [2.24, 2.45) is 11.8 Å². The molecule has 2 heteroatoms. The zero-order valence-corrected chi connectivity index (χ0v) is 7.31. The highest BCUT2D eigenvalue weighted by Crippen LogP contribution is 2.28. The molecule has 2 unspecified atom stereocenters. The number of rotatable bonds is 1. The van der Waals surface area contributed by atoms with Crippen LogP contribution in [0.1, 0.15) is 6.42 Å². The average molecular weight is 173 g/mol. The minimum Gasteiger partial charge on any atom is -0.501 e. The monoisotopic (exact) mass is 173 g/mol. The molecule has 0 spiro atoms. The van der Waals surface area contributed by atoms with E-state index in [2.05, 4.69) is 18.2 Å². The molecule has 0 saturated carbocycles. The van der Waals surface area contributed by atoms with E-state index >= 15 is 0 Å². The Balaban J connectivity index is 2.05. The number of hydrogen-bond donors (Lipinski definition) is 0. The van der Waals surface area contributed by atoms with E-state index in [0.717, 1.165) is 18.6 Å². The number of nitrogens with zero attached hydrogens (tertiary/aromatic N) is 1. The first-order valence-corrected chi connectivity index (χ1v) is 4.46. The third-order valence-corrected chi connectivity index (χ3v) is 2.52. The molecule has 0 bridgehead atoms. The van der Waals surface area contributed by atoms with Crippen LogP contribution in [0.25, 0.3) is 0 Å². The molecule has 66 valence electrons. The molecule has 1 heterocycles. The predicted octanol–water partition coefficient (Wildman–Crippen LogP) is 2.17. The Morgan fingerprint density at radius 3 is 3.00 bits per heavy atom. The third kappa shape index (κ3) is 1.65. The van der Waals surface area contributed by atoms with Crippen LogP contribution in [0.4, 0.5) is 0 Å². The van der Waals surface area contributed by atoms with Gasteiger partial charge >= 0.3 is 0 Å². The van der Waals surface area contributed by atoms with Crippen LogP contribution in [-0.4, -0.2) is 6.61 Å². The SMILES string of the molecule is N#CC1=CC=CC(C2C=COC2)C1. The van der Waals surface area contributed by atoms with Crippen molar-refractivity contribution in [1.82, 2.24) is 0 Å². The van der Waals surface area contributed by atoms with Gasteiger partial charge in [0.05, 0.1) is 18.9 Å². The average Bonchev–Trinajstić information content (AvgIpc) is 2.71. The molecule has 0 amide bonds. The second-order valence-electron chi connectivity index (χ2n) is 3.38. The molecule has 0 aromatic heterocycles. The van der Waals surface area contributed by atoms with Gasteiger partial charge in [0, 0.05) is 11.5 Å². The lowest BCUT2D eigenvalue weighted by molar-refractivity contribution is 0.228. The van der Waals surface area contributed by atoms with Gasteiger partial charge in [0.2, 0.25) is 0 Å². The second kappa shape index (κ2) is 3.49. The maximum Gasteiger partial charge on any atom is 0.0947 e. The van der Waals surface area contributed by atoms with E-state index in [1.807, 2.05) is 12.2 Å². The lowest BCUT2D eigenvalue weighted by atomic mass is 9.85. The smallest absolute Gasteiger partial charge is 0.0947 e. The molecule has 2 atom stereocenters. The van der Waals surface area contributed by atoms with E-state index < -0.39 is 0 Å². The van der Waals surface area contributed by atoms with Crippen LogP contribution in [0.5, 0.6) is 0 Å². The maximum atomic E-state index is 8.75. The van der Waals surface area contributed by atoms with Gasteiger partial charge in [-0.2, -0.15) is 5.26 Å². The first-order valence-electron chi connectivity index (χ1n) is 4.46. The molecule has 1 aliphatic heterocycles. The van der Waals surface area contributed by atoms with Gasteiger partial charge in [-0.25, -0.2) is 0 Å². The highest BCUT2D eigenvalue weighted by Gasteiger charge is 2.22. The molecule has 1 aliphatic carbocycles. The van der Waals surface area contributed by atoms with Crippen molar-refractivity contribution in [2.75, 3.05) is 6.61 Å². The van der Waals surface area contributed by atoms with Crippen LogP contribution in [0.2, 0.25) is 0 Å². The Morgan fingerprint density at radius 2 is 2.31 bits per heavy atom. The van der Waals surface area contributed by atoms with E-state index in [0.29, 0.717) is 11.8 Å². The Hall–Kier alpha value is -1.49. The third-order valence-electron chi connectivity index (χ3n) is 2.52. The lowest BCUT2D eigenvalue weighted by Crippen LogP contribution is -2.14. The van der Waals surface area contributed by atoms with Crippen LogP contribution in [0.3, 0.4) is 0 Å². The van der Waals surface area contributed by atoms with E-state index in [9.17, 15) is 0 Å². The number of hydrogen-bond acceptors (Lipinski definition) is 2. The molecular formula is C11H11NO. The van der Waals surface area contributed by atoms with Gasteiger partial charge in [-0.15, -0.1) is 0 Å². The Kier molecular flexibility index (Phi) is 2.18. The van der Waals surface area contributed by atoms with Crippen molar-refractivity contribution in [1.29, 1.82) is 5.26 Å². The molecule has 0 fully saturated rings. The van der Waals surface area contributed by atoms with Crippen molar-refractivity contribution in [3.05, 3.63) is 36.1 Å². The van der Waals surface area contributed by atoms with Crippen molar-refractivity contribution in [3.8, 4) is 6.07 Å². The fourth-order valence-corrected chi connectivity index (χ4v) is 1.73. The molecule has 0 radical (unpaired) electrons. The molecule has 0 aromatic carbocycles. The minimum absolute atomic E-state index is 0.443. The summed E-state index contributed by atoms with van der Waals surface area (Å²) in [7, 11) is 0. The molecule has 0 saturated heterocycles. The van der Waals surface area contributed by atoms with E-state index in [1.165, 1.54) is 0 Å². The zero-order valence-electron chi connectivity index (χ0n) is 7.31. The summed E-state index contributed by atoms with van der Waals surface area (Å²) < 4.78 is 5.16. The summed E-state index contributed by atoms with van der Waals surface area (Å²) in [6.45, 7) is 0.758. The van der Waals surface area contributed by atoms with Gasteiger partial charge in [0.1, 0.15) is 0 Å². The van der Waals surface area contributed by atoms with Crippen LogP contribution in [-0.2, 0) is 4.74 Å². The summed E-state index contributed by atoms with van der Waals surface area (Å²) >= 11 is 0. The quantitative estimate of drug-likeness (QED) is 0.608. The summed E-state index contributed by atoms with van der Waals surface area (Å²) in [5.41, 5.74) is 0.868. The van der Waals surface area contributed by atoms with Crippen LogP contribution >= 0.6 is 0 Å². The summed E-state index contributed by atoms with van der Waals surface area (Å²) in [6.07, 6.45) is 10.7. The van der Waals surface area contributed by atoms with Gasteiger partial charge in [0.25, 0.3) is 0 Å². The molecule has 2 aliphatic rings. The van der Waals surface area contributed by atoms with E-state index in [4.69, 9.17) is 10.00 Å². The van der Waals surface area contributed by atoms with Gasteiger partial charge in [-0.05, 0) is 24.5 Å². The molecular weight excluding hydrogens is 162 g/mol. The zero-order chi connectivity index (χ0) is 9.10. The van der Waals surface area contributed by atoms with Crippen LogP contribution in [0.15, 0.2) is 36.1 Å². The lowest BCUT2D eigenvalue weighted by Gasteiger charge is -2.19. The highest BCUT2D eigenvalue weighted by atomic mass is 16.5. The second-order valence-corrected chi connectivity index (χ2v) is 3.38. The summed E-state index contributed by atoms with van der Waals surface area (Å²) in [6, 6.07) is 2.20. The Morgan fingerprint density at radius 1 is 1.38 bits per heavy atom. The maximum absolute atomic E-state index is 8.75. The molecule has 2 rings (SSSR count). The first kappa shape index (κ1) is 8.12. The Bertz CT molecular complexity index is 319. The highest BCUT2D eigenvalue weighted by molar-refractivity contribution is 5.31. The van der Waals surface area contributed by atoms with Crippen molar-refractivity contribution in [2.45, 2.75) is 6.42 Å². The van der Waals surface area contributed by atoms with Gasteiger partial charge < -0.3 is 4.74 Å². The molecule has 13 heavy (non-hydrogen) atoms. The first-order chi connectivity index (χ1) is 6.40. The van der Waals surface area contributed by atoms with E-state index in [-0.39, 0.29) is 0 Å². The Labute approximate surface area is 77.8 Å².